The van der Waals surface area contributed by atoms with E-state index in [1.807, 2.05) is 6.20 Å². The highest BCUT2D eigenvalue weighted by molar-refractivity contribution is 5.38. The molecule has 2 aliphatic rings. The minimum absolute atomic E-state index is 0.552. The number of H-pyrrole nitrogens is 1. The van der Waals surface area contributed by atoms with Crippen molar-refractivity contribution in [3.63, 3.8) is 0 Å². The lowest BCUT2D eigenvalue weighted by Gasteiger charge is -2.16. The summed E-state index contributed by atoms with van der Waals surface area (Å²) in [5, 5.41) is 4.71. The summed E-state index contributed by atoms with van der Waals surface area (Å²) in [6, 6.07) is 4.24. The van der Waals surface area contributed by atoms with E-state index in [0.29, 0.717) is 5.92 Å². The van der Waals surface area contributed by atoms with E-state index < -0.39 is 0 Å². The lowest BCUT2D eigenvalue weighted by molar-refractivity contribution is 0.686. The third kappa shape index (κ3) is 3.73. The summed E-state index contributed by atoms with van der Waals surface area (Å²) in [6.07, 6.45) is 16.1. The predicted octanol–water partition coefficient (Wildman–Crippen LogP) is 2.74. The number of aromatic nitrogens is 2. The number of nitrogens with zero attached hydrogens (tertiary/aromatic N) is 2. The molecule has 1 aliphatic heterocycles. The van der Waals surface area contributed by atoms with Crippen molar-refractivity contribution in [2.45, 2.75) is 26.2 Å². The molecule has 0 spiro atoms. The molecule has 4 rings (SSSR count). The van der Waals surface area contributed by atoms with Crippen LogP contribution in [0.3, 0.4) is 0 Å². The van der Waals surface area contributed by atoms with Crippen LogP contribution < -0.4 is 16.0 Å². The average molecular weight is 332 g/mol. The van der Waals surface area contributed by atoms with E-state index in [1.165, 1.54) is 21.9 Å². The summed E-state index contributed by atoms with van der Waals surface area (Å²) >= 11 is 0. The van der Waals surface area contributed by atoms with Crippen molar-refractivity contribution in [3.05, 3.63) is 70.2 Å². The minimum atomic E-state index is 0.552. The highest BCUT2D eigenvalue weighted by atomic mass is 15.0. The van der Waals surface area contributed by atoms with Crippen molar-refractivity contribution in [2.24, 2.45) is 10.9 Å². The van der Waals surface area contributed by atoms with Gasteiger partial charge in [-0.1, -0.05) is 35.9 Å². The van der Waals surface area contributed by atoms with Crippen LogP contribution in [0.5, 0.6) is 0 Å². The van der Waals surface area contributed by atoms with Gasteiger partial charge < -0.3 is 10.3 Å². The normalized spacial score (nSPS) is 18.8. The Morgan fingerprint density at radius 3 is 3.04 bits per heavy atom. The van der Waals surface area contributed by atoms with E-state index in [9.17, 15) is 0 Å². The van der Waals surface area contributed by atoms with E-state index in [1.54, 1.807) is 0 Å². The summed E-state index contributed by atoms with van der Waals surface area (Å²) in [5.74, 6) is 1.50. The second-order valence-corrected chi connectivity index (χ2v) is 6.86. The maximum atomic E-state index is 4.58. The quantitative estimate of drug-likeness (QED) is 0.884. The Labute approximate surface area is 148 Å². The first-order valence-corrected chi connectivity index (χ1v) is 9.02. The smallest absolute Gasteiger partial charge is 0.132 e. The number of allylic oxidation sites excluding steroid dienone is 3. The third-order valence-corrected chi connectivity index (χ3v) is 4.87. The van der Waals surface area contributed by atoms with Crippen LogP contribution in [0.2, 0.25) is 0 Å². The molecule has 1 aliphatic carbocycles. The molecule has 1 atom stereocenters. The second-order valence-electron chi connectivity index (χ2n) is 6.86. The Hall–Kier alpha value is -2.62. The van der Waals surface area contributed by atoms with Gasteiger partial charge in [-0.15, -0.1) is 0 Å². The molecular weight excluding hydrogens is 308 g/mol. The molecule has 0 aromatic carbocycles. The van der Waals surface area contributed by atoms with Crippen LogP contribution >= 0.6 is 0 Å². The van der Waals surface area contributed by atoms with Gasteiger partial charge in [-0.2, -0.15) is 0 Å². The summed E-state index contributed by atoms with van der Waals surface area (Å²) in [7, 11) is 0. The zero-order valence-corrected chi connectivity index (χ0v) is 14.6. The molecule has 4 nitrogen and oxygen atoms in total. The molecule has 0 fully saturated rings. The molecule has 1 unspecified atom stereocenters. The first-order chi connectivity index (χ1) is 12.3. The largest absolute Gasteiger partial charge is 0.369 e. The Morgan fingerprint density at radius 1 is 1.28 bits per heavy atom. The van der Waals surface area contributed by atoms with Gasteiger partial charge in [0.2, 0.25) is 0 Å². The Morgan fingerprint density at radius 2 is 2.24 bits per heavy atom. The molecule has 0 saturated carbocycles. The molecule has 2 aromatic rings. The lowest BCUT2D eigenvalue weighted by Crippen LogP contribution is -2.28. The van der Waals surface area contributed by atoms with Crippen molar-refractivity contribution in [3.8, 4) is 0 Å². The molecule has 2 N–H and O–H groups in total. The van der Waals surface area contributed by atoms with Crippen LogP contribution in [-0.2, 0) is 6.42 Å². The van der Waals surface area contributed by atoms with Gasteiger partial charge in [-0.3, -0.25) is 4.99 Å². The topological polar surface area (TPSA) is 53.1 Å². The standard InChI is InChI=1S/C21H24N4/c1-15-4-6-16(7-5-15)12-23-20-9-8-17(13-24-20)11-18-14-25-21-19(18)3-2-10-22-21/h3-6,8-9,13-14,16H,2,7,10-12H2,1H3,(H,22,25)(H,23,24). The molecule has 4 heteroatoms. The Balaban J connectivity index is 1.38. The first kappa shape index (κ1) is 15.9. The summed E-state index contributed by atoms with van der Waals surface area (Å²) in [5.41, 5.74) is 4.91. The van der Waals surface area contributed by atoms with Crippen molar-refractivity contribution in [1.29, 1.82) is 0 Å². The van der Waals surface area contributed by atoms with Gasteiger partial charge in [0.1, 0.15) is 11.3 Å². The molecule has 3 heterocycles. The summed E-state index contributed by atoms with van der Waals surface area (Å²) in [4.78, 5) is 12.4. The van der Waals surface area contributed by atoms with Gasteiger partial charge in [-0.05, 0) is 42.9 Å². The monoisotopic (exact) mass is 332 g/mol. The number of pyridine rings is 1. The van der Waals surface area contributed by atoms with Crippen LogP contribution in [0.4, 0.5) is 5.82 Å². The van der Waals surface area contributed by atoms with Gasteiger partial charge >= 0.3 is 0 Å². The van der Waals surface area contributed by atoms with Crippen LogP contribution in [-0.4, -0.2) is 23.1 Å². The van der Waals surface area contributed by atoms with Crippen LogP contribution in [0, 0.1) is 5.92 Å². The van der Waals surface area contributed by atoms with E-state index >= 15 is 0 Å². The van der Waals surface area contributed by atoms with E-state index in [0.717, 1.165) is 43.7 Å². The number of aromatic amines is 1. The van der Waals surface area contributed by atoms with Gasteiger partial charge in [0, 0.05) is 37.1 Å². The van der Waals surface area contributed by atoms with Gasteiger partial charge in [0.05, 0.1) is 0 Å². The SMILES string of the molecule is CC1=CCC(CNc2ccc(Cc3c[nH]c4c3=CCCN=4)cn2)C=C1. The van der Waals surface area contributed by atoms with E-state index in [-0.39, 0.29) is 0 Å². The second kappa shape index (κ2) is 7.09. The fourth-order valence-electron chi connectivity index (χ4n) is 3.37. The van der Waals surface area contributed by atoms with Crippen molar-refractivity contribution in [1.82, 2.24) is 9.97 Å². The molecule has 2 aromatic heterocycles. The van der Waals surface area contributed by atoms with Gasteiger partial charge in [0.25, 0.3) is 0 Å². The molecular formula is C21H24N4. The average Bonchev–Trinajstić information content (AvgIpc) is 3.06. The fraction of sp³-hybridized carbons (Fsp3) is 0.333. The maximum Gasteiger partial charge on any atom is 0.132 e. The van der Waals surface area contributed by atoms with E-state index in [2.05, 4.69) is 69.8 Å². The minimum Gasteiger partial charge on any atom is -0.369 e. The third-order valence-electron chi connectivity index (χ3n) is 4.87. The van der Waals surface area contributed by atoms with Crippen molar-refractivity contribution >= 4 is 11.9 Å². The lowest BCUT2D eigenvalue weighted by atomic mass is 9.97. The molecule has 0 bridgehead atoms. The molecule has 25 heavy (non-hydrogen) atoms. The maximum absolute atomic E-state index is 4.58. The first-order valence-electron chi connectivity index (χ1n) is 9.02. The zero-order chi connectivity index (χ0) is 17.1. The summed E-state index contributed by atoms with van der Waals surface area (Å²) < 4.78 is 0. The zero-order valence-electron chi connectivity index (χ0n) is 14.6. The van der Waals surface area contributed by atoms with Crippen LogP contribution in [0.15, 0.2) is 53.3 Å². The molecule has 128 valence electrons. The van der Waals surface area contributed by atoms with Crippen LogP contribution in [0.25, 0.3) is 6.08 Å². The van der Waals surface area contributed by atoms with Gasteiger partial charge in [0.15, 0.2) is 0 Å². The highest BCUT2D eigenvalue weighted by Gasteiger charge is 2.08. The fourth-order valence-corrected chi connectivity index (χ4v) is 3.37. The number of nitrogens with one attached hydrogen (secondary N) is 2. The van der Waals surface area contributed by atoms with E-state index in [4.69, 9.17) is 0 Å². The Bertz CT molecular complexity index is 916. The van der Waals surface area contributed by atoms with Crippen molar-refractivity contribution in [2.75, 3.05) is 18.4 Å². The molecule has 0 radical (unpaired) electrons. The van der Waals surface area contributed by atoms with Crippen molar-refractivity contribution < 1.29 is 0 Å². The Kier molecular flexibility index (Phi) is 4.51. The van der Waals surface area contributed by atoms with Gasteiger partial charge in [-0.25, -0.2) is 4.98 Å². The number of hydrogen-bond acceptors (Lipinski definition) is 3. The number of anilines is 1. The number of hydrogen-bond donors (Lipinski definition) is 2. The van der Waals surface area contributed by atoms with Crippen LogP contribution in [0.1, 0.15) is 30.9 Å². The predicted molar refractivity (Wildman–Crippen MR) is 102 cm³/mol. The molecule has 0 saturated heterocycles. The highest BCUT2D eigenvalue weighted by Crippen LogP contribution is 2.17. The summed E-state index contributed by atoms with van der Waals surface area (Å²) in [6.45, 7) is 3.96. The molecule has 0 amide bonds. The number of fused-ring (bicyclic) bond motifs is 1. The number of rotatable bonds is 5.